The van der Waals surface area contributed by atoms with Crippen LogP contribution in [0.15, 0.2) is 28.9 Å². The smallest absolute Gasteiger partial charge is 0.275 e. The van der Waals surface area contributed by atoms with E-state index in [0.29, 0.717) is 39.0 Å². The SMILES string of the molecule is CCn1ncc(Br)c1C(=O)Nc1c(C)nn(Cc2ccc(Cl)cc2Cl)c1C. The van der Waals surface area contributed by atoms with Gasteiger partial charge < -0.3 is 5.32 Å². The maximum Gasteiger partial charge on any atom is 0.275 e. The molecule has 0 saturated carbocycles. The maximum absolute atomic E-state index is 12.8. The molecule has 0 spiro atoms. The number of anilines is 1. The molecule has 0 aliphatic carbocycles. The number of benzene rings is 1. The number of hydrogen-bond acceptors (Lipinski definition) is 3. The van der Waals surface area contributed by atoms with E-state index >= 15 is 0 Å². The van der Waals surface area contributed by atoms with E-state index in [1.54, 1.807) is 23.0 Å². The van der Waals surface area contributed by atoms with Crippen molar-refractivity contribution in [2.75, 3.05) is 5.32 Å². The Morgan fingerprint density at radius 1 is 1.26 bits per heavy atom. The predicted octanol–water partition coefficient (Wildman–Crippen LogP) is 5.09. The van der Waals surface area contributed by atoms with Gasteiger partial charge in [-0.15, -0.1) is 0 Å². The number of amides is 1. The third-order valence-corrected chi connectivity index (χ3v) is 5.43. The Balaban J connectivity index is 1.87. The number of nitrogens with zero attached hydrogens (tertiary/aromatic N) is 4. The van der Waals surface area contributed by atoms with Crippen LogP contribution < -0.4 is 5.32 Å². The summed E-state index contributed by atoms with van der Waals surface area (Å²) in [4.78, 5) is 12.8. The molecule has 0 bridgehead atoms. The lowest BCUT2D eigenvalue weighted by molar-refractivity contribution is 0.101. The molecule has 1 aromatic carbocycles. The van der Waals surface area contributed by atoms with Crippen molar-refractivity contribution in [3.8, 4) is 0 Å². The lowest BCUT2D eigenvalue weighted by Gasteiger charge is -2.09. The lowest BCUT2D eigenvalue weighted by Crippen LogP contribution is -2.18. The molecule has 0 radical (unpaired) electrons. The molecule has 2 heterocycles. The molecule has 0 saturated heterocycles. The standard InChI is InChI=1S/C18H18BrCl2N5O/c1-4-25-17(14(19)8-22-25)18(27)23-16-10(2)24-26(11(16)3)9-12-5-6-13(20)7-15(12)21/h5-8H,4,9H2,1-3H3,(H,23,27). The zero-order chi connectivity index (χ0) is 19.7. The van der Waals surface area contributed by atoms with Crippen LogP contribution >= 0.6 is 39.1 Å². The van der Waals surface area contributed by atoms with Gasteiger partial charge in [-0.2, -0.15) is 10.2 Å². The number of carbonyl (C=O) groups is 1. The van der Waals surface area contributed by atoms with Crippen molar-refractivity contribution in [3.63, 3.8) is 0 Å². The topological polar surface area (TPSA) is 64.7 Å². The van der Waals surface area contributed by atoms with E-state index in [9.17, 15) is 4.79 Å². The molecular formula is C18H18BrCl2N5O. The lowest BCUT2D eigenvalue weighted by atomic mass is 10.2. The van der Waals surface area contributed by atoms with Crippen LogP contribution in [0.3, 0.4) is 0 Å². The van der Waals surface area contributed by atoms with Gasteiger partial charge in [0.15, 0.2) is 0 Å². The van der Waals surface area contributed by atoms with Crippen LogP contribution in [0.1, 0.15) is 34.4 Å². The molecule has 9 heteroatoms. The molecule has 142 valence electrons. The van der Waals surface area contributed by atoms with Gasteiger partial charge in [-0.05, 0) is 54.4 Å². The first-order chi connectivity index (χ1) is 12.8. The average Bonchev–Trinajstić information content (AvgIpc) is 3.12. The average molecular weight is 471 g/mol. The zero-order valence-corrected chi connectivity index (χ0v) is 18.2. The van der Waals surface area contributed by atoms with E-state index in [2.05, 4.69) is 31.4 Å². The summed E-state index contributed by atoms with van der Waals surface area (Å²) in [6.07, 6.45) is 1.62. The fourth-order valence-corrected chi connectivity index (χ4v) is 3.79. The third-order valence-electron chi connectivity index (χ3n) is 4.26. The predicted molar refractivity (Wildman–Crippen MR) is 111 cm³/mol. The number of halogens is 3. The van der Waals surface area contributed by atoms with Crippen molar-refractivity contribution in [2.24, 2.45) is 0 Å². The first-order valence-electron chi connectivity index (χ1n) is 8.32. The van der Waals surface area contributed by atoms with Crippen LogP contribution in [0.4, 0.5) is 5.69 Å². The molecule has 0 fully saturated rings. The second-order valence-corrected chi connectivity index (χ2v) is 7.75. The molecular weight excluding hydrogens is 453 g/mol. The Labute approximate surface area is 175 Å². The van der Waals surface area contributed by atoms with E-state index in [1.165, 1.54) is 0 Å². The highest BCUT2D eigenvalue weighted by Gasteiger charge is 2.20. The summed E-state index contributed by atoms with van der Waals surface area (Å²) >= 11 is 15.6. The molecule has 0 aliphatic rings. The summed E-state index contributed by atoms with van der Waals surface area (Å²) in [6.45, 7) is 6.77. The Hall–Kier alpha value is -1.83. The monoisotopic (exact) mass is 469 g/mol. The summed E-state index contributed by atoms with van der Waals surface area (Å²) in [6, 6.07) is 5.37. The normalized spacial score (nSPS) is 11.0. The van der Waals surface area contributed by atoms with Gasteiger partial charge in [0.1, 0.15) is 5.69 Å². The molecule has 0 aliphatic heterocycles. The molecule has 3 aromatic rings. The Morgan fingerprint density at radius 2 is 2.00 bits per heavy atom. The van der Waals surface area contributed by atoms with Crippen molar-refractivity contribution in [2.45, 2.75) is 33.9 Å². The molecule has 3 rings (SSSR count). The molecule has 2 aromatic heterocycles. The van der Waals surface area contributed by atoms with Crippen LogP contribution in [0.25, 0.3) is 0 Å². The summed E-state index contributed by atoms with van der Waals surface area (Å²) in [5.74, 6) is -0.239. The molecule has 6 nitrogen and oxygen atoms in total. The van der Waals surface area contributed by atoms with Crippen LogP contribution in [-0.4, -0.2) is 25.5 Å². The van der Waals surface area contributed by atoms with Gasteiger partial charge in [0.2, 0.25) is 0 Å². The molecule has 27 heavy (non-hydrogen) atoms. The minimum atomic E-state index is -0.239. The number of hydrogen-bond donors (Lipinski definition) is 1. The highest BCUT2D eigenvalue weighted by Crippen LogP contribution is 2.26. The van der Waals surface area contributed by atoms with E-state index in [0.717, 1.165) is 17.0 Å². The van der Waals surface area contributed by atoms with Crippen molar-refractivity contribution < 1.29 is 4.79 Å². The van der Waals surface area contributed by atoms with Crippen LogP contribution in [0.5, 0.6) is 0 Å². The van der Waals surface area contributed by atoms with Crippen LogP contribution in [0, 0.1) is 13.8 Å². The van der Waals surface area contributed by atoms with Crippen molar-refractivity contribution >= 4 is 50.7 Å². The second kappa shape index (κ2) is 8.04. The van der Waals surface area contributed by atoms with Gasteiger partial charge in [0, 0.05) is 16.6 Å². The minimum Gasteiger partial charge on any atom is -0.317 e. The van der Waals surface area contributed by atoms with Crippen molar-refractivity contribution in [1.82, 2.24) is 19.6 Å². The Bertz CT molecular complexity index is 1010. The highest BCUT2D eigenvalue weighted by atomic mass is 79.9. The number of carbonyl (C=O) groups excluding carboxylic acids is 1. The summed E-state index contributed by atoms with van der Waals surface area (Å²) in [5.41, 5.74) is 3.62. The van der Waals surface area contributed by atoms with Crippen molar-refractivity contribution in [1.29, 1.82) is 0 Å². The van der Waals surface area contributed by atoms with Gasteiger partial charge >= 0.3 is 0 Å². The van der Waals surface area contributed by atoms with E-state index in [1.807, 2.05) is 31.5 Å². The second-order valence-electron chi connectivity index (χ2n) is 6.05. The van der Waals surface area contributed by atoms with Crippen molar-refractivity contribution in [3.05, 3.63) is 61.6 Å². The van der Waals surface area contributed by atoms with Gasteiger partial charge in [0.25, 0.3) is 5.91 Å². The molecule has 0 unspecified atom stereocenters. The summed E-state index contributed by atoms with van der Waals surface area (Å²) in [5, 5.41) is 12.9. The van der Waals surface area contributed by atoms with Gasteiger partial charge in [-0.1, -0.05) is 29.3 Å². The largest absolute Gasteiger partial charge is 0.317 e. The molecule has 1 N–H and O–H groups in total. The molecule has 0 atom stereocenters. The summed E-state index contributed by atoms with van der Waals surface area (Å²) in [7, 11) is 0. The number of rotatable bonds is 5. The Kier molecular flexibility index (Phi) is 5.93. The molecule has 1 amide bonds. The third kappa shape index (κ3) is 4.05. The van der Waals surface area contributed by atoms with Gasteiger partial charge in [-0.25, -0.2) is 0 Å². The first kappa shape index (κ1) is 19.9. The van der Waals surface area contributed by atoms with Crippen LogP contribution in [-0.2, 0) is 13.1 Å². The highest BCUT2D eigenvalue weighted by molar-refractivity contribution is 9.10. The minimum absolute atomic E-state index is 0.239. The van der Waals surface area contributed by atoms with Gasteiger partial charge in [-0.3, -0.25) is 14.2 Å². The van der Waals surface area contributed by atoms with E-state index in [4.69, 9.17) is 23.2 Å². The fourth-order valence-electron chi connectivity index (χ4n) is 2.84. The van der Waals surface area contributed by atoms with Gasteiger partial charge in [0.05, 0.1) is 34.3 Å². The maximum atomic E-state index is 12.8. The van der Waals surface area contributed by atoms with Crippen LogP contribution in [0.2, 0.25) is 10.0 Å². The van der Waals surface area contributed by atoms with E-state index in [-0.39, 0.29) is 5.91 Å². The zero-order valence-electron chi connectivity index (χ0n) is 15.1. The number of nitrogens with one attached hydrogen (secondary N) is 1. The number of aromatic nitrogens is 4. The van der Waals surface area contributed by atoms with E-state index < -0.39 is 0 Å². The fraction of sp³-hybridized carbons (Fsp3) is 0.278. The Morgan fingerprint density at radius 3 is 2.67 bits per heavy atom. The number of aryl methyl sites for hydroxylation is 2. The first-order valence-corrected chi connectivity index (χ1v) is 9.87. The quantitative estimate of drug-likeness (QED) is 0.565. The summed E-state index contributed by atoms with van der Waals surface area (Å²) < 4.78 is 4.10.